The number of carbonyl (C=O) groups excluding carboxylic acids is 3. The molecule has 3 rings (SSSR count). The first-order chi connectivity index (χ1) is 11.2. The predicted octanol–water partition coefficient (Wildman–Crippen LogP) is 3.27. The molecule has 1 aliphatic rings. The smallest absolute Gasteiger partial charge is 0.175 e. The fourth-order valence-corrected chi connectivity index (χ4v) is 2.88. The van der Waals surface area contributed by atoms with E-state index in [1.165, 1.54) is 12.3 Å². The Morgan fingerprint density at radius 1 is 1.00 bits per heavy atom. The number of benzene rings is 2. The van der Waals surface area contributed by atoms with Gasteiger partial charge in [-0.15, -0.1) is 0 Å². The Morgan fingerprint density at radius 3 is 2.48 bits per heavy atom. The second kappa shape index (κ2) is 6.57. The van der Waals surface area contributed by atoms with Crippen LogP contribution in [-0.2, 0) is 14.4 Å². The Bertz CT molecular complexity index is 786. The predicted molar refractivity (Wildman–Crippen MR) is 89.1 cm³/mol. The van der Waals surface area contributed by atoms with Crippen LogP contribution in [0.15, 0.2) is 54.7 Å². The van der Waals surface area contributed by atoms with E-state index in [1.807, 2.05) is 42.5 Å². The average molecular weight is 307 g/mol. The van der Waals surface area contributed by atoms with Gasteiger partial charge in [0.05, 0.1) is 0 Å². The third-order valence-electron chi connectivity index (χ3n) is 4.05. The highest BCUT2D eigenvalue weighted by Crippen LogP contribution is 2.23. The number of hydrogen-bond acceptors (Lipinski definition) is 4. The Hall–Kier alpha value is -2.75. The number of carbonyl (C=O) groups is 3. The molecule has 0 aromatic heterocycles. The second-order valence-corrected chi connectivity index (χ2v) is 5.63. The Balaban J connectivity index is 1.74. The number of ketones is 3. The molecule has 0 amide bonds. The summed E-state index contributed by atoms with van der Waals surface area (Å²) in [6.45, 7) is 0. The van der Waals surface area contributed by atoms with Gasteiger partial charge < -0.3 is 5.32 Å². The molecular weight excluding hydrogens is 290 g/mol. The SMILES string of the molecule is O=C(C=CNc1cccc2ccccc12)C1C(=O)CCCC1=O. The van der Waals surface area contributed by atoms with Crippen LogP contribution in [-0.4, -0.2) is 17.3 Å². The molecule has 1 saturated carbocycles. The van der Waals surface area contributed by atoms with E-state index in [-0.39, 0.29) is 11.6 Å². The van der Waals surface area contributed by atoms with Crippen LogP contribution >= 0.6 is 0 Å². The summed E-state index contributed by atoms with van der Waals surface area (Å²) in [6.07, 6.45) is 3.96. The number of allylic oxidation sites excluding steroid dienone is 1. The highest BCUT2D eigenvalue weighted by Gasteiger charge is 2.34. The fraction of sp³-hybridized carbons (Fsp3) is 0.211. The van der Waals surface area contributed by atoms with Gasteiger partial charge in [-0.25, -0.2) is 0 Å². The summed E-state index contributed by atoms with van der Waals surface area (Å²) in [5.74, 6) is -2.07. The summed E-state index contributed by atoms with van der Waals surface area (Å²) in [6, 6.07) is 13.8. The highest BCUT2D eigenvalue weighted by atomic mass is 16.2. The molecule has 2 aromatic carbocycles. The lowest BCUT2D eigenvalue weighted by molar-refractivity contribution is -0.140. The van der Waals surface area contributed by atoms with Gasteiger partial charge in [-0.3, -0.25) is 14.4 Å². The van der Waals surface area contributed by atoms with Gasteiger partial charge in [0.15, 0.2) is 17.3 Å². The van der Waals surface area contributed by atoms with Crippen molar-refractivity contribution in [3.63, 3.8) is 0 Å². The van der Waals surface area contributed by atoms with E-state index in [9.17, 15) is 14.4 Å². The van der Waals surface area contributed by atoms with Gasteiger partial charge in [0.25, 0.3) is 0 Å². The van der Waals surface area contributed by atoms with Crippen LogP contribution in [0.4, 0.5) is 5.69 Å². The first-order valence-electron chi connectivity index (χ1n) is 7.67. The van der Waals surface area contributed by atoms with Gasteiger partial charge in [-0.1, -0.05) is 36.4 Å². The van der Waals surface area contributed by atoms with Crippen LogP contribution in [0.1, 0.15) is 19.3 Å². The molecule has 0 saturated heterocycles. The minimum Gasteiger partial charge on any atom is -0.361 e. The topological polar surface area (TPSA) is 63.2 Å². The van der Waals surface area contributed by atoms with Gasteiger partial charge in [0.2, 0.25) is 0 Å². The van der Waals surface area contributed by atoms with Crippen LogP contribution in [0, 0.1) is 5.92 Å². The van der Waals surface area contributed by atoms with Crippen LogP contribution in [0.2, 0.25) is 0 Å². The zero-order chi connectivity index (χ0) is 16.2. The van der Waals surface area contributed by atoms with Crippen LogP contribution in [0.25, 0.3) is 10.8 Å². The average Bonchev–Trinajstić information content (AvgIpc) is 2.55. The number of fused-ring (bicyclic) bond motifs is 1. The molecule has 1 aliphatic carbocycles. The lowest BCUT2D eigenvalue weighted by Gasteiger charge is -2.16. The number of anilines is 1. The molecule has 4 nitrogen and oxygen atoms in total. The molecule has 0 spiro atoms. The molecule has 0 heterocycles. The van der Waals surface area contributed by atoms with Crippen LogP contribution in [0.3, 0.4) is 0 Å². The van der Waals surface area contributed by atoms with Gasteiger partial charge in [0, 0.05) is 30.1 Å². The summed E-state index contributed by atoms with van der Waals surface area (Å²) in [5.41, 5.74) is 0.869. The van der Waals surface area contributed by atoms with Crippen LogP contribution < -0.4 is 5.32 Å². The Labute approximate surface area is 134 Å². The first-order valence-corrected chi connectivity index (χ1v) is 7.67. The largest absolute Gasteiger partial charge is 0.361 e. The Morgan fingerprint density at radius 2 is 1.70 bits per heavy atom. The molecule has 0 unspecified atom stereocenters. The minimum atomic E-state index is -1.10. The number of rotatable bonds is 4. The molecule has 1 N–H and O–H groups in total. The van der Waals surface area contributed by atoms with E-state index in [2.05, 4.69) is 5.32 Å². The first kappa shape index (κ1) is 15.2. The molecular formula is C19H17NO3. The third-order valence-corrected chi connectivity index (χ3v) is 4.05. The zero-order valence-electron chi connectivity index (χ0n) is 12.6. The molecule has 0 bridgehead atoms. The van der Waals surface area contributed by atoms with E-state index in [1.54, 1.807) is 0 Å². The number of Topliss-reactive ketones (excluding diaryl/α,β-unsaturated/α-hetero) is 2. The monoisotopic (exact) mass is 307 g/mol. The maximum absolute atomic E-state index is 12.1. The van der Waals surface area contributed by atoms with Crippen molar-refractivity contribution >= 4 is 33.8 Å². The molecule has 0 radical (unpaired) electrons. The van der Waals surface area contributed by atoms with Crippen LogP contribution in [0.5, 0.6) is 0 Å². The minimum absolute atomic E-state index is 0.263. The standard InChI is InChI=1S/C19H17NO3/c21-16-9-4-10-17(22)19(16)18(23)11-12-20-15-8-3-6-13-5-1-2-7-14(13)15/h1-3,5-8,11-12,19-20H,4,9-10H2. The van der Waals surface area contributed by atoms with Crippen molar-refractivity contribution in [2.24, 2.45) is 5.92 Å². The van der Waals surface area contributed by atoms with E-state index >= 15 is 0 Å². The summed E-state index contributed by atoms with van der Waals surface area (Å²) in [7, 11) is 0. The molecule has 0 atom stereocenters. The zero-order valence-corrected chi connectivity index (χ0v) is 12.6. The quantitative estimate of drug-likeness (QED) is 0.695. The van der Waals surface area contributed by atoms with E-state index in [0.29, 0.717) is 19.3 Å². The van der Waals surface area contributed by atoms with Crippen molar-refractivity contribution in [1.29, 1.82) is 0 Å². The van der Waals surface area contributed by atoms with Crippen molar-refractivity contribution in [2.75, 3.05) is 5.32 Å². The van der Waals surface area contributed by atoms with Crippen molar-refractivity contribution < 1.29 is 14.4 Å². The van der Waals surface area contributed by atoms with Crippen molar-refractivity contribution in [1.82, 2.24) is 0 Å². The lowest BCUT2D eigenvalue weighted by atomic mass is 9.84. The molecule has 2 aromatic rings. The summed E-state index contributed by atoms with van der Waals surface area (Å²) in [4.78, 5) is 35.6. The fourth-order valence-electron chi connectivity index (χ4n) is 2.88. The normalized spacial score (nSPS) is 16.2. The molecule has 116 valence electrons. The lowest BCUT2D eigenvalue weighted by Crippen LogP contribution is -2.34. The van der Waals surface area contributed by atoms with E-state index in [0.717, 1.165) is 16.5 Å². The number of hydrogen-bond donors (Lipinski definition) is 1. The maximum Gasteiger partial charge on any atom is 0.175 e. The summed E-state index contributed by atoms with van der Waals surface area (Å²) >= 11 is 0. The molecule has 23 heavy (non-hydrogen) atoms. The number of nitrogens with one attached hydrogen (secondary N) is 1. The second-order valence-electron chi connectivity index (χ2n) is 5.63. The van der Waals surface area contributed by atoms with Gasteiger partial charge in [0.1, 0.15) is 5.92 Å². The maximum atomic E-state index is 12.1. The highest BCUT2D eigenvalue weighted by molar-refractivity contribution is 6.23. The summed E-state index contributed by atoms with van der Waals surface area (Å²) < 4.78 is 0. The van der Waals surface area contributed by atoms with Crippen molar-refractivity contribution in [3.05, 3.63) is 54.7 Å². The Kier molecular flexibility index (Phi) is 4.33. The van der Waals surface area contributed by atoms with E-state index < -0.39 is 11.7 Å². The third kappa shape index (κ3) is 3.21. The van der Waals surface area contributed by atoms with Gasteiger partial charge in [-0.2, -0.15) is 0 Å². The molecule has 4 heteroatoms. The molecule has 0 aliphatic heterocycles. The van der Waals surface area contributed by atoms with Gasteiger partial charge >= 0.3 is 0 Å². The molecule has 1 fully saturated rings. The van der Waals surface area contributed by atoms with Gasteiger partial charge in [-0.05, 0) is 23.9 Å². The van der Waals surface area contributed by atoms with Crippen molar-refractivity contribution in [3.8, 4) is 0 Å². The van der Waals surface area contributed by atoms with Crippen molar-refractivity contribution in [2.45, 2.75) is 19.3 Å². The summed E-state index contributed by atoms with van der Waals surface area (Å²) in [5, 5.41) is 5.19. The van der Waals surface area contributed by atoms with E-state index in [4.69, 9.17) is 0 Å².